The van der Waals surface area contributed by atoms with Gasteiger partial charge in [-0.3, -0.25) is 0 Å². The summed E-state index contributed by atoms with van der Waals surface area (Å²) in [6.45, 7) is 2.25. The van der Waals surface area contributed by atoms with Crippen molar-refractivity contribution in [2.75, 3.05) is 0 Å². The van der Waals surface area contributed by atoms with Crippen LogP contribution in [0.5, 0.6) is 0 Å². The van der Waals surface area contributed by atoms with Gasteiger partial charge in [0.25, 0.3) is 0 Å². The minimum absolute atomic E-state index is 0.475. The van der Waals surface area contributed by atoms with Crippen molar-refractivity contribution in [3.8, 4) is 0 Å². The van der Waals surface area contributed by atoms with E-state index >= 15 is 0 Å². The minimum Gasteiger partial charge on any atom is -0.390 e. The number of aliphatic hydroxyl groups excluding tert-OH is 3. The molecule has 0 fully saturated rings. The highest BCUT2D eigenvalue weighted by Gasteiger charge is 2.47. The maximum atomic E-state index is 11.9. The van der Waals surface area contributed by atoms with Gasteiger partial charge in [-0.15, -0.1) is 0 Å². The molecule has 0 aliphatic heterocycles. The Morgan fingerprint density at radius 2 is 0.865 bits per heavy atom. The first-order valence-corrected chi connectivity index (χ1v) is 14.3. The molecular formula is C34H46O3. The van der Waals surface area contributed by atoms with Gasteiger partial charge in [-0.1, -0.05) is 162 Å². The number of benzene rings is 3. The Labute approximate surface area is 224 Å². The highest BCUT2D eigenvalue weighted by atomic mass is 16.4. The van der Waals surface area contributed by atoms with E-state index in [4.69, 9.17) is 0 Å². The van der Waals surface area contributed by atoms with Crippen molar-refractivity contribution < 1.29 is 15.3 Å². The lowest BCUT2D eigenvalue weighted by atomic mass is 9.64. The molecule has 0 aromatic heterocycles. The first kappa shape index (κ1) is 29.1. The van der Waals surface area contributed by atoms with Crippen LogP contribution >= 0.6 is 0 Å². The van der Waals surface area contributed by atoms with Crippen molar-refractivity contribution in [3.05, 3.63) is 108 Å². The van der Waals surface area contributed by atoms with Crippen LogP contribution in [0.3, 0.4) is 0 Å². The molecule has 0 amide bonds. The van der Waals surface area contributed by atoms with Gasteiger partial charge in [0.1, 0.15) is 12.2 Å². The summed E-state index contributed by atoms with van der Waals surface area (Å²) >= 11 is 0. The summed E-state index contributed by atoms with van der Waals surface area (Å²) < 4.78 is 0. The lowest BCUT2D eigenvalue weighted by Gasteiger charge is -2.43. The lowest BCUT2D eigenvalue weighted by Crippen LogP contribution is -2.52. The molecule has 3 nitrogen and oxygen atoms in total. The van der Waals surface area contributed by atoms with Crippen molar-refractivity contribution in [1.82, 2.24) is 0 Å². The van der Waals surface area contributed by atoms with Gasteiger partial charge in [-0.05, 0) is 23.1 Å². The van der Waals surface area contributed by atoms with Crippen LogP contribution in [0.15, 0.2) is 91.0 Å². The molecule has 0 saturated carbocycles. The van der Waals surface area contributed by atoms with Gasteiger partial charge >= 0.3 is 0 Å². The van der Waals surface area contributed by atoms with Crippen LogP contribution < -0.4 is 0 Å². The number of aliphatic hydroxyl groups is 3. The first-order chi connectivity index (χ1) is 18.1. The van der Waals surface area contributed by atoms with E-state index in [1.165, 1.54) is 44.9 Å². The number of rotatable bonds is 17. The number of unbranched alkanes of at least 4 members (excludes halogenated alkanes) is 9. The molecule has 37 heavy (non-hydrogen) atoms. The van der Waals surface area contributed by atoms with Crippen molar-refractivity contribution in [2.24, 2.45) is 0 Å². The monoisotopic (exact) mass is 502 g/mol. The van der Waals surface area contributed by atoms with Crippen LogP contribution in [-0.2, 0) is 5.41 Å². The van der Waals surface area contributed by atoms with Gasteiger partial charge in [0.05, 0.1) is 11.5 Å². The Morgan fingerprint density at radius 1 is 0.514 bits per heavy atom. The molecule has 3 N–H and O–H groups in total. The Balaban J connectivity index is 1.71. The molecular weight excluding hydrogens is 456 g/mol. The molecule has 0 aliphatic carbocycles. The van der Waals surface area contributed by atoms with E-state index in [1.807, 2.05) is 91.0 Å². The first-order valence-electron chi connectivity index (χ1n) is 14.3. The molecule has 3 unspecified atom stereocenters. The van der Waals surface area contributed by atoms with Gasteiger partial charge in [-0.2, -0.15) is 0 Å². The van der Waals surface area contributed by atoms with E-state index in [1.54, 1.807) is 0 Å². The van der Waals surface area contributed by atoms with Gasteiger partial charge in [-0.25, -0.2) is 0 Å². The average molecular weight is 503 g/mol. The minimum atomic E-state index is -1.29. The van der Waals surface area contributed by atoms with Crippen LogP contribution in [0.25, 0.3) is 0 Å². The molecule has 3 aromatic carbocycles. The molecule has 0 bridgehead atoms. The fourth-order valence-corrected chi connectivity index (χ4v) is 5.59. The molecule has 3 heteroatoms. The summed E-state index contributed by atoms with van der Waals surface area (Å²) in [5.74, 6) is 0. The van der Waals surface area contributed by atoms with Crippen molar-refractivity contribution >= 4 is 0 Å². The maximum Gasteiger partial charge on any atom is 0.107 e. The van der Waals surface area contributed by atoms with Crippen molar-refractivity contribution in [3.63, 3.8) is 0 Å². The lowest BCUT2D eigenvalue weighted by molar-refractivity contribution is -0.0793. The van der Waals surface area contributed by atoms with Crippen LogP contribution in [-0.4, -0.2) is 33.6 Å². The molecule has 0 heterocycles. The quantitative estimate of drug-likeness (QED) is 0.133. The Bertz CT molecular complexity index is 877. The predicted octanol–water partition coefficient (Wildman–Crippen LogP) is 7.41. The molecule has 0 spiro atoms. The smallest absolute Gasteiger partial charge is 0.107 e. The zero-order valence-electron chi connectivity index (χ0n) is 22.5. The van der Waals surface area contributed by atoms with E-state index in [-0.39, 0.29) is 0 Å². The average Bonchev–Trinajstić information content (AvgIpc) is 2.95. The van der Waals surface area contributed by atoms with E-state index in [0.717, 1.165) is 36.0 Å². The molecule has 3 rings (SSSR count). The van der Waals surface area contributed by atoms with E-state index in [2.05, 4.69) is 6.92 Å². The van der Waals surface area contributed by atoms with Crippen molar-refractivity contribution in [2.45, 2.75) is 101 Å². The molecule has 3 aromatic rings. The van der Waals surface area contributed by atoms with Crippen LogP contribution in [0.4, 0.5) is 0 Å². The second-order valence-corrected chi connectivity index (χ2v) is 10.4. The molecule has 0 radical (unpaired) electrons. The Hall–Kier alpha value is -2.46. The highest BCUT2D eigenvalue weighted by Crippen LogP contribution is 2.43. The zero-order chi connectivity index (χ0) is 26.3. The van der Waals surface area contributed by atoms with Gasteiger partial charge in [0.2, 0.25) is 0 Å². The van der Waals surface area contributed by atoms with E-state index in [0.29, 0.717) is 6.42 Å². The summed E-state index contributed by atoms with van der Waals surface area (Å²) in [5.41, 5.74) is 1.61. The third kappa shape index (κ3) is 7.77. The maximum absolute atomic E-state index is 11.9. The van der Waals surface area contributed by atoms with Gasteiger partial charge in [0, 0.05) is 0 Å². The van der Waals surface area contributed by atoms with Crippen molar-refractivity contribution in [1.29, 1.82) is 0 Å². The fourth-order valence-electron chi connectivity index (χ4n) is 5.59. The fraction of sp³-hybridized carbons (Fsp3) is 0.471. The number of hydrogen-bond donors (Lipinski definition) is 3. The standard InChI is InChI=1S/C34H46O3/c1-2-3-4-5-6-7-8-9-10-20-27-31(35)32(36)33(37)34(28-21-14-11-15-22-28,29-23-16-12-17-24-29)30-25-18-13-19-26-30/h11-19,21-26,31-33,35-37H,2-10,20,27H2,1H3. The summed E-state index contributed by atoms with van der Waals surface area (Å²) in [7, 11) is 0. The third-order valence-electron chi connectivity index (χ3n) is 7.70. The normalized spacial score (nSPS) is 14.3. The molecule has 0 saturated heterocycles. The highest BCUT2D eigenvalue weighted by molar-refractivity contribution is 5.52. The van der Waals surface area contributed by atoms with Crippen LogP contribution in [0, 0.1) is 0 Å². The summed E-state index contributed by atoms with van der Waals surface area (Å²) in [5, 5.41) is 34.3. The predicted molar refractivity (Wildman–Crippen MR) is 154 cm³/mol. The zero-order valence-corrected chi connectivity index (χ0v) is 22.5. The Morgan fingerprint density at radius 3 is 1.24 bits per heavy atom. The van der Waals surface area contributed by atoms with E-state index < -0.39 is 23.7 Å². The summed E-state index contributed by atoms with van der Waals surface area (Å²) in [6, 6.07) is 29.5. The SMILES string of the molecule is CCCCCCCCCCCCC(O)C(O)C(O)C(c1ccccc1)(c1ccccc1)c1ccccc1. The molecule has 200 valence electrons. The Kier molecular flexibility index (Phi) is 12.4. The second-order valence-electron chi connectivity index (χ2n) is 10.4. The van der Waals surface area contributed by atoms with Crippen LogP contribution in [0.1, 0.15) is 94.2 Å². The largest absolute Gasteiger partial charge is 0.390 e. The molecule has 0 aliphatic rings. The van der Waals surface area contributed by atoms with Gasteiger partial charge in [0.15, 0.2) is 0 Å². The van der Waals surface area contributed by atoms with E-state index in [9.17, 15) is 15.3 Å². The topological polar surface area (TPSA) is 60.7 Å². The number of hydrogen-bond acceptors (Lipinski definition) is 3. The summed E-state index contributed by atoms with van der Waals surface area (Å²) in [4.78, 5) is 0. The van der Waals surface area contributed by atoms with Gasteiger partial charge < -0.3 is 15.3 Å². The van der Waals surface area contributed by atoms with Crippen LogP contribution in [0.2, 0.25) is 0 Å². The molecule has 3 atom stereocenters. The third-order valence-corrected chi connectivity index (χ3v) is 7.70. The summed E-state index contributed by atoms with van der Waals surface area (Å²) in [6.07, 6.45) is 9.11. The second kappa shape index (κ2) is 15.7.